The minimum absolute atomic E-state index is 0.297. The van der Waals surface area contributed by atoms with Crippen LogP contribution in [0.15, 0.2) is 0 Å². The van der Waals surface area contributed by atoms with Crippen LogP contribution in [0.4, 0.5) is 0 Å². The van der Waals surface area contributed by atoms with Gasteiger partial charge in [0.05, 0.1) is 0 Å². The van der Waals surface area contributed by atoms with Crippen LogP contribution in [-0.2, 0) is 0 Å². The highest BCUT2D eigenvalue weighted by molar-refractivity contribution is 6.68. The summed E-state index contributed by atoms with van der Waals surface area (Å²) >= 11 is 16.4. The minimum atomic E-state index is -1.60. The van der Waals surface area contributed by atoms with Gasteiger partial charge in [-0.15, -0.1) is 0 Å². The molecular formula is C7H14Cl3NO. The van der Waals surface area contributed by atoms with E-state index in [1.54, 1.807) is 0 Å². The van der Waals surface area contributed by atoms with Crippen LogP contribution in [-0.4, -0.2) is 27.6 Å². The Balaban J connectivity index is 3.64. The molecule has 0 aliphatic rings. The van der Waals surface area contributed by atoms with Gasteiger partial charge in [0.25, 0.3) is 0 Å². The molecule has 0 aliphatic carbocycles. The number of aliphatic hydroxyl groups is 1. The summed E-state index contributed by atoms with van der Waals surface area (Å²) in [5, 5.41) is 12.3. The van der Waals surface area contributed by atoms with Crippen LogP contribution in [0.2, 0.25) is 0 Å². The summed E-state index contributed by atoms with van der Waals surface area (Å²) in [6, 6.07) is 0.326. The summed E-state index contributed by atoms with van der Waals surface area (Å²) in [5.74, 6) is 0. The molecule has 0 saturated carbocycles. The molecule has 74 valence electrons. The Morgan fingerprint density at radius 1 is 1.42 bits per heavy atom. The van der Waals surface area contributed by atoms with E-state index < -0.39 is 9.90 Å². The van der Waals surface area contributed by atoms with E-state index in [2.05, 4.69) is 5.32 Å². The third-order valence-corrected chi connectivity index (χ3v) is 2.41. The first-order valence-electron chi connectivity index (χ1n) is 3.86. The van der Waals surface area contributed by atoms with Crippen LogP contribution in [0, 0.1) is 0 Å². The topological polar surface area (TPSA) is 32.3 Å². The highest BCUT2D eigenvalue weighted by atomic mass is 35.6. The Morgan fingerprint density at radius 2 is 1.92 bits per heavy atom. The van der Waals surface area contributed by atoms with Crippen molar-refractivity contribution in [2.45, 2.75) is 36.2 Å². The lowest BCUT2D eigenvalue weighted by Crippen LogP contribution is -2.39. The van der Waals surface area contributed by atoms with Gasteiger partial charge in [-0.1, -0.05) is 41.7 Å². The molecule has 2 nitrogen and oxygen atoms in total. The number of nitrogens with one attached hydrogen (secondary N) is 1. The predicted octanol–water partition coefficient (Wildman–Crippen LogP) is 2.11. The first-order chi connectivity index (χ1) is 5.38. The molecule has 0 fully saturated rings. The molecule has 2 N–H and O–H groups in total. The Hall–Kier alpha value is 0.790. The predicted molar refractivity (Wildman–Crippen MR) is 54.1 cm³/mol. The lowest BCUT2D eigenvalue weighted by molar-refractivity contribution is 0.171. The van der Waals surface area contributed by atoms with Gasteiger partial charge < -0.3 is 10.4 Å². The number of aliphatic hydroxyl groups excluding tert-OH is 1. The summed E-state index contributed by atoms with van der Waals surface area (Å²) < 4.78 is -1.60. The maximum Gasteiger partial charge on any atom is 0.217 e. The van der Waals surface area contributed by atoms with Crippen LogP contribution in [0.1, 0.15) is 20.3 Å². The molecule has 0 amide bonds. The fraction of sp³-hybridized carbons (Fsp3) is 1.00. The Bertz CT molecular complexity index is 126. The molecule has 0 aromatic rings. The van der Waals surface area contributed by atoms with E-state index in [1.807, 2.05) is 13.8 Å². The molecule has 0 spiro atoms. The van der Waals surface area contributed by atoms with Gasteiger partial charge in [0, 0.05) is 12.6 Å². The summed E-state index contributed by atoms with van der Waals surface area (Å²) in [5.41, 5.74) is 0. The average molecular weight is 235 g/mol. The smallest absolute Gasteiger partial charge is 0.217 e. The van der Waals surface area contributed by atoms with E-state index in [4.69, 9.17) is 34.8 Å². The number of rotatable bonds is 4. The third-order valence-electron chi connectivity index (χ3n) is 1.65. The molecule has 0 saturated heterocycles. The molecule has 0 aromatic heterocycles. The Labute approximate surface area is 88.2 Å². The maximum absolute atomic E-state index is 9.27. The molecular weight excluding hydrogens is 220 g/mol. The van der Waals surface area contributed by atoms with Gasteiger partial charge in [-0.05, 0) is 13.3 Å². The molecule has 0 bridgehead atoms. The van der Waals surface area contributed by atoms with Gasteiger partial charge >= 0.3 is 0 Å². The highest BCUT2D eigenvalue weighted by Crippen LogP contribution is 2.29. The van der Waals surface area contributed by atoms with Crippen molar-refractivity contribution in [2.24, 2.45) is 0 Å². The lowest BCUT2D eigenvalue weighted by atomic mass is 10.2. The average Bonchev–Trinajstić information content (AvgIpc) is 1.97. The molecule has 0 radical (unpaired) electrons. The summed E-state index contributed by atoms with van der Waals surface area (Å²) in [4.78, 5) is 0. The zero-order valence-corrected chi connectivity index (χ0v) is 9.42. The van der Waals surface area contributed by atoms with Crippen LogP contribution < -0.4 is 5.32 Å². The van der Waals surface area contributed by atoms with Crippen molar-refractivity contribution in [1.29, 1.82) is 0 Å². The summed E-state index contributed by atoms with van der Waals surface area (Å²) in [6.45, 7) is 4.34. The Morgan fingerprint density at radius 3 is 2.25 bits per heavy atom. The standard InChI is InChI=1S/C7H14Cl3NO/c1-3-5(2)11-4-6(12)7(8,9)10/h5-6,11-12H,3-4H2,1-2H3. The number of hydrogen-bond acceptors (Lipinski definition) is 2. The van der Waals surface area contributed by atoms with E-state index in [0.29, 0.717) is 12.6 Å². The first kappa shape index (κ1) is 12.8. The van der Waals surface area contributed by atoms with E-state index in [9.17, 15) is 5.11 Å². The quantitative estimate of drug-likeness (QED) is 0.730. The van der Waals surface area contributed by atoms with Crippen molar-refractivity contribution in [3.05, 3.63) is 0 Å². The summed E-state index contributed by atoms with van der Waals surface area (Å²) in [6.07, 6.45) is 0.0172. The number of alkyl halides is 3. The second-order valence-corrected chi connectivity index (χ2v) is 5.14. The van der Waals surface area contributed by atoms with Gasteiger partial charge in [-0.25, -0.2) is 0 Å². The molecule has 0 rings (SSSR count). The van der Waals surface area contributed by atoms with E-state index >= 15 is 0 Å². The second-order valence-electron chi connectivity index (χ2n) is 2.77. The third kappa shape index (κ3) is 5.44. The second kappa shape index (κ2) is 5.51. The first-order valence-corrected chi connectivity index (χ1v) is 4.99. The fourth-order valence-electron chi connectivity index (χ4n) is 0.573. The number of hydrogen-bond donors (Lipinski definition) is 2. The monoisotopic (exact) mass is 233 g/mol. The minimum Gasteiger partial charge on any atom is -0.387 e. The lowest BCUT2D eigenvalue weighted by Gasteiger charge is -2.21. The van der Waals surface area contributed by atoms with Crippen LogP contribution in [0.5, 0.6) is 0 Å². The molecule has 2 unspecified atom stereocenters. The zero-order valence-electron chi connectivity index (χ0n) is 7.15. The zero-order chi connectivity index (χ0) is 9.78. The van der Waals surface area contributed by atoms with E-state index in [1.165, 1.54) is 0 Å². The fourth-order valence-corrected chi connectivity index (χ4v) is 0.804. The molecule has 5 heteroatoms. The van der Waals surface area contributed by atoms with Crippen molar-refractivity contribution in [2.75, 3.05) is 6.54 Å². The van der Waals surface area contributed by atoms with Gasteiger partial charge in [0.15, 0.2) is 0 Å². The van der Waals surface area contributed by atoms with Crippen molar-refractivity contribution in [3.63, 3.8) is 0 Å². The maximum atomic E-state index is 9.27. The van der Waals surface area contributed by atoms with Gasteiger partial charge in [-0.3, -0.25) is 0 Å². The van der Waals surface area contributed by atoms with Gasteiger partial charge in [0.2, 0.25) is 3.79 Å². The molecule has 12 heavy (non-hydrogen) atoms. The van der Waals surface area contributed by atoms with E-state index in [0.717, 1.165) is 6.42 Å². The van der Waals surface area contributed by atoms with Crippen molar-refractivity contribution in [3.8, 4) is 0 Å². The van der Waals surface area contributed by atoms with Crippen LogP contribution in [0.3, 0.4) is 0 Å². The molecule has 2 atom stereocenters. The summed E-state index contributed by atoms with van der Waals surface area (Å²) in [7, 11) is 0. The normalized spacial score (nSPS) is 17.5. The Kier molecular flexibility index (Phi) is 5.87. The molecule has 0 aromatic carbocycles. The van der Waals surface area contributed by atoms with Gasteiger partial charge in [0.1, 0.15) is 6.10 Å². The van der Waals surface area contributed by atoms with Crippen molar-refractivity contribution in [1.82, 2.24) is 5.32 Å². The SMILES string of the molecule is CCC(C)NCC(O)C(Cl)(Cl)Cl. The van der Waals surface area contributed by atoms with Crippen molar-refractivity contribution >= 4 is 34.8 Å². The van der Waals surface area contributed by atoms with Crippen molar-refractivity contribution < 1.29 is 5.11 Å². The largest absolute Gasteiger partial charge is 0.387 e. The molecule has 0 heterocycles. The van der Waals surface area contributed by atoms with Gasteiger partial charge in [-0.2, -0.15) is 0 Å². The van der Waals surface area contributed by atoms with Crippen LogP contribution in [0.25, 0.3) is 0 Å². The highest BCUT2D eigenvalue weighted by Gasteiger charge is 2.30. The van der Waals surface area contributed by atoms with E-state index in [-0.39, 0.29) is 0 Å². The molecule has 0 aliphatic heterocycles. The number of halogens is 3. The van der Waals surface area contributed by atoms with Crippen LogP contribution >= 0.6 is 34.8 Å².